The van der Waals surface area contributed by atoms with E-state index in [1.165, 1.54) is 17.6 Å². The summed E-state index contributed by atoms with van der Waals surface area (Å²) in [6.07, 6.45) is 1.51. The monoisotopic (exact) mass is 389 g/mol. The fourth-order valence-electron chi connectivity index (χ4n) is 4.18. The van der Waals surface area contributed by atoms with Crippen LogP contribution in [0, 0.1) is 11.3 Å². The number of hydrogen-bond donors (Lipinski definition) is 0. The lowest BCUT2D eigenvalue weighted by atomic mass is 9.79. The number of ketones is 1. The smallest absolute Gasteiger partial charge is 0.232 e. The summed E-state index contributed by atoms with van der Waals surface area (Å²) in [7, 11) is 1.81. The van der Waals surface area contributed by atoms with Crippen LogP contribution in [0.25, 0.3) is 0 Å². The Morgan fingerprint density at radius 1 is 1.48 bits per heavy atom. The molecule has 1 amide bonds. The first-order valence-electron chi connectivity index (χ1n) is 9.01. The normalized spacial score (nSPS) is 24.9. The minimum atomic E-state index is -0.502. The fourth-order valence-corrected chi connectivity index (χ4v) is 4.98. The molecule has 0 unspecified atom stereocenters. The third kappa shape index (κ3) is 3.44. The van der Waals surface area contributed by atoms with Crippen LogP contribution in [0.5, 0.6) is 0 Å². The molecule has 0 N–H and O–H groups in total. The highest BCUT2D eigenvalue weighted by Gasteiger charge is 2.56. The Kier molecular flexibility index (Phi) is 4.88. The molecule has 0 aliphatic carbocycles. The van der Waals surface area contributed by atoms with Crippen molar-refractivity contribution in [2.24, 2.45) is 11.3 Å². The first-order valence-corrected chi connectivity index (χ1v) is 9.89. The topological polar surface area (TPSA) is 75.9 Å². The van der Waals surface area contributed by atoms with E-state index >= 15 is 0 Å². The van der Waals surface area contributed by atoms with Crippen LogP contribution in [0.1, 0.15) is 27.9 Å². The zero-order valence-corrected chi connectivity index (χ0v) is 16.3. The van der Waals surface area contributed by atoms with E-state index in [1.807, 2.05) is 18.5 Å². The van der Waals surface area contributed by atoms with Crippen LogP contribution in [-0.4, -0.2) is 60.0 Å². The molecule has 2 fully saturated rings. The second-order valence-corrected chi connectivity index (χ2v) is 8.48. The molecule has 2 aromatic heterocycles. The molecule has 8 heteroatoms. The number of carbonyl (C=O) groups excluding carboxylic acids is 2. The molecular formula is C19H23N3O4S. The number of thiophene rings is 1. The van der Waals surface area contributed by atoms with Gasteiger partial charge in [0.1, 0.15) is 12.0 Å². The highest BCUT2D eigenvalue weighted by atomic mass is 32.1. The number of hydrogen-bond acceptors (Lipinski definition) is 7. The second kappa shape index (κ2) is 7.18. The number of Topliss-reactive ketones (excluding diaryl/α,β-unsaturated/α-hetero) is 1. The SMILES string of the molecule is CC(=O)c1cc(CN2C[C@@H]3COC[C@]3(C(=O)N(C)Cc3ccon3)C2)cs1. The number of ether oxygens (including phenoxy) is 1. The van der Waals surface area contributed by atoms with Crippen LogP contribution in [0.3, 0.4) is 0 Å². The predicted molar refractivity (Wildman–Crippen MR) is 99.3 cm³/mol. The Hall–Kier alpha value is -2.03. The number of likely N-dealkylation sites (tertiary alicyclic amines) is 1. The van der Waals surface area contributed by atoms with E-state index in [0.29, 0.717) is 26.3 Å². The quantitative estimate of drug-likeness (QED) is 0.704. The van der Waals surface area contributed by atoms with Gasteiger partial charge < -0.3 is 14.2 Å². The van der Waals surface area contributed by atoms with E-state index in [4.69, 9.17) is 9.26 Å². The number of amides is 1. The molecule has 4 rings (SSSR count). The van der Waals surface area contributed by atoms with Crippen molar-refractivity contribution in [3.05, 3.63) is 39.9 Å². The van der Waals surface area contributed by atoms with Gasteiger partial charge in [-0.2, -0.15) is 0 Å². The molecule has 2 atom stereocenters. The van der Waals surface area contributed by atoms with E-state index < -0.39 is 5.41 Å². The average Bonchev–Trinajstić information content (AvgIpc) is 3.37. The highest BCUT2D eigenvalue weighted by Crippen LogP contribution is 2.43. The summed E-state index contributed by atoms with van der Waals surface area (Å²) in [4.78, 5) is 29.6. The Labute approximate surface area is 161 Å². The number of nitrogens with zero attached hydrogens (tertiary/aromatic N) is 3. The van der Waals surface area contributed by atoms with Crippen molar-refractivity contribution in [2.45, 2.75) is 20.0 Å². The van der Waals surface area contributed by atoms with Crippen molar-refractivity contribution in [2.75, 3.05) is 33.4 Å². The van der Waals surface area contributed by atoms with Crippen molar-refractivity contribution in [1.82, 2.24) is 15.0 Å². The number of rotatable bonds is 6. The molecule has 7 nitrogen and oxygen atoms in total. The zero-order valence-electron chi connectivity index (χ0n) is 15.5. The zero-order chi connectivity index (χ0) is 19.0. The van der Waals surface area contributed by atoms with E-state index in [-0.39, 0.29) is 17.6 Å². The number of aromatic nitrogens is 1. The van der Waals surface area contributed by atoms with Crippen molar-refractivity contribution in [1.29, 1.82) is 0 Å². The van der Waals surface area contributed by atoms with Crippen molar-refractivity contribution < 1.29 is 18.8 Å². The second-order valence-electron chi connectivity index (χ2n) is 7.57. The third-order valence-corrected chi connectivity index (χ3v) is 6.59. The van der Waals surface area contributed by atoms with Crippen LogP contribution < -0.4 is 0 Å². The maximum Gasteiger partial charge on any atom is 0.232 e. The molecule has 144 valence electrons. The van der Waals surface area contributed by atoms with E-state index in [2.05, 4.69) is 10.1 Å². The van der Waals surface area contributed by atoms with Gasteiger partial charge in [0, 0.05) is 38.7 Å². The molecule has 0 spiro atoms. The summed E-state index contributed by atoms with van der Waals surface area (Å²) < 4.78 is 10.6. The minimum absolute atomic E-state index is 0.0964. The van der Waals surface area contributed by atoms with Gasteiger partial charge in [-0.3, -0.25) is 14.5 Å². The van der Waals surface area contributed by atoms with Gasteiger partial charge in [0.2, 0.25) is 5.91 Å². The van der Waals surface area contributed by atoms with Crippen LogP contribution in [0.4, 0.5) is 0 Å². The molecule has 27 heavy (non-hydrogen) atoms. The van der Waals surface area contributed by atoms with E-state index in [1.54, 1.807) is 17.9 Å². The van der Waals surface area contributed by atoms with Gasteiger partial charge >= 0.3 is 0 Å². The van der Waals surface area contributed by atoms with Gasteiger partial charge in [0.05, 0.1) is 30.1 Å². The first kappa shape index (κ1) is 18.3. The lowest BCUT2D eigenvalue weighted by Crippen LogP contribution is -2.47. The van der Waals surface area contributed by atoms with Crippen LogP contribution >= 0.6 is 11.3 Å². The summed E-state index contributed by atoms with van der Waals surface area (Å²) >= 11 is 1.48. The molecule has 4 heterocycles. The van der Waals surface area contributed by atoms with Crippen LogP contribution in [0.2, 0.25) is 0 Å². The molecule has 2 aliphatic heterocycles. The van der Waals surface area contributed by atoms with Crippen LogP contribution in [0.15, 0.2) is 28.3 Å². The van der Waals surface area contributed by atoms with Crippen molar-refractivity contribution in [3.8, 4) is 0 Å². The molecule has 0 saturated carbocycles. The van der Waals surface area contributed by atoms with Gasteiger partial charge in [0.25, 0.3) is 0 Å². The Balaban J connectivity index is 1.46. The molecule has 2 aromatic rings. The summed E-state index contributed by atoms with van der Waals surface area (Å²) in [5, 5.41) is 5.93. The lowest BCUT2D eigenvalue weighted by Gasteiger charge is -2.30. The van der Waals surface area contributed by atoms with Crippen LogP contribution in [-0.2, 0) is 22.6 Å². The average molecular weight is 389 g/mol. The summed E-state index contributed by atoms with van der Waals surface area (Å²) in [5.74, 6) is 0.389. The van der Waals surface area contributed by atoms with Crippen molar-refractivity contribution in [3.63, 3.8) is 0 Å². The Morgan fingerprint density at radius 2 is 2.33 bits per heavy atom. The van der Waals surface area contributed by atoms with Gasteiger partial charge in [0.15, 0.2) is 5.78 Å². The van der Waals surface area contributed by atoms with Gasteiger partial charge in [-0.15, -0.1) is 11.3 Å². The Bertz CT molecular complexity index is 834. The molecular weight excluding hydrogens is 366 g/mol. The highest BCUT2D eigenvalue weighted by molar-refractivity contribution is 7.12. The molecule has 0 radical (unpaired) electrons. The van der Waals surface area contributed by atoms with Gasteiger partial charge in [-0.25, -0.2) is 0 Å². The summed E-state index contributed by atoms with van der Waals surface area (Å²) in [6, 6.07) is 3.73. The summed E-state index contributed by atoms with van der Waals surface area (Å²) in [6.45, 7) is 5.34. The third-order valence-electron chi connectivity index (χ3n) is 5.51. The maximum atomic E-state index is 13.3. The molecule has 2 aliphatic rings. The standard InChI is InChI=1S/C19H23N3O4S/c1-13(23)17-5-14(10-27-17)6-22-7-15-9-25-12-19(15,11-22)18(24)21(2)8-16-3-4-26-20-16/h3-5,10,15H,6-9,11-12H2,1-2H3/t15-,19-/m1/s1. The Morgan fingerprint density at radius 3 is 3.04 bits per heavy atom. The van der Waals surface area contributed by atoms with E-state index in [0.717, 1.165) is 29.2 Å². The van der Waals surface area contributed by atoms with Crippen molar-refractivity contribution >= 4 is 23.0 Å². The fraction of sp³-hybridized carbons (Fsp3) is 0.526. The van der Waals surface area contributed by atoms with E-state index in [9.17, 15) is 9.59 Å². The molecule has 2 saturated heterocycles. The largest absolute Gasteiger partial charge is 0.380 e. The minimum Gasteiger partial charge on any atom is -0.380 e. The maximum absolute atomic E-state index is 13.3. The predicted octanol–water partition coefficient (Wildman–Crippen LogP) is 2.05. The molecule has 0 bridgehead atoms. The molecule has 0 aromatic carbocycles. The number of carbonyl (C=O) groups is 2. The number of fused-ring (bicyclic) bond motifs is 1. The summed E-state index contributed by atoms with van der Waals surface area (Å²) in [5.41, 5.74) is 1.37. The lowest BCUT2D eigenvalue weighted by molar-refractivity contribution is -0.142. The van der Waals surface area contributed by atoms with Gasteiger partial charge in [-0.1, -0.05) is 5.16 Å². The first-order chi connectivity index (χ1) is 13.0. The van der Waals surface area contributed by atoms with Gasteiger partial charge in [-0.05, 0) is 23.9 Å².